The third kappa shape index (κ3) is 16.7. The molecule has 1 heterocycles. The van der Waals surface area contributed by atoms with Gasteiger partial charge in [0.05, 0.1) is 38.0 Å². The molecule has 4 aromatic carbocycles. The summed E-state index contributed by atoms with van der Waals surface area (Å²) < 4.78 is 128. The molecular formula is C40H36F8N2O14. The Labute approximate surface area is 355 Å². The zero-order chi connectivity index (χ0) is 48.7. The smallest absolute Gasteiger partial charge is 0.508 e. The number of esters is 3. The summed E-state index contributed by atoms with van der Waals surface area (Å²) in [5.41, 5.74) is 2.15. The highest BCUT2D eigenvalue weighted by atomic mass is 19.4. The van der Waals surface area contributed by atoms with E-state index in [1.54, 1.807) is 19.1 Å². The van der Waals surface area contributed by atoms with Crippen molar-refractivity contribution in [2.24, 2.45) is 0 Å². The van der Waals surface area contributed by atoms with Gasteiger partial charge in [0.25, 0.3) is 0 Å². The van der Waals surface area contributed by atoms with Gasteiger partial charge in [0.1, 0.15) is 23.0 Å². The van der Waals surface area contributed by atoms with E-state index in [0.717, 1.165) is 38.0 Å². The molecule has 1 aromatic heterocycles. The van der Waals surface area contributed by atoms with Crippen molar-refractivity contribution in [1.29, 1.82) is 0 Å². The summed E-state index contributed by atoms with van der Waals surface area (Å²) in [6.07, 6.45) is -13.9. The maximum atomic E-state index is 12.9. The highest BCUT2D eigenvalue weighted by Gasteiger charge is 2.43. The molecule has 0 aliphatic heterocycles. The number of phenolic OH excluding ortho intramolecular Hbond substituents is 1. The number of aromatic nitrogens is 2. The molecule has 0 fully saturated rings. The standard InChI is InChI=1S/C11H10F2O5.C10H7F3N2O3.C10H9F3O3.C9H10O3/c1-6-3-4-7(9(14)17-2)5-8(6)18-11(12,13)10(15)16;1-5-2-3-6(8-14-15-9(16)17-8)4-7(5)18-10(11,12)13;1-6-3-4-7(9(14)15-2)5-8(6)16-10(11,12)13;1-6-3-4-7(5-8(6)10)9(11)12-2/h3-5H,1-2H3,(H,15,16);2-4H,1H3,(H,15,16);3-5H,1-2H3;3-5,10H,1-2H3. The number of aromatic amines is 1. The second-order valence-corrected chi connectivity index (χ2v) is 12.4. The van der Waals surface area contributed by atoms with Crippen LogP contribution in [0.4, 0.5) is 35.1 Å². The van der Waals surface area contributed by atoms with Gasteiger partial charge in [0.2, 0.25) is 5.89 Å². The Bertz CT molecular complexity index is 2480. The molecule has 0 atom stereocenters. The van der Waals surface area contributed by atoms with Gasteiger partial charge in [-0.05, 0) is 98.5 Å². The zero-order valence-electron chi connectivity index (χ0n) is 34.2. The maximum Gasteiger partial charge on any atom is 0.573 e. The van der Waals surface area contributed by atoms with E-state index >= 15 is 0 Å². The molecule has 24 heteroatoms. The van der Waals surface area contributed by atoms with Crippen LogP contribution in [0.3, 0.4) is 0 Å². The van der Waals surface area contributed by atoms with Gasteiger partial charge < -0.3 is 43.1 Å². The van der Waals surface area contributed by atoms with Crippen molar-refractivity contribution in [3.8, 4) is 34.5 Å². The summed E-state index contributed by atoms with van der Waals surface area (Å²) in [5.74, 6) is -6.26. The number of nitrogens with zero attached hydrogens (tertiary/aromatic N) is 1. The average Bonchev–Trinajstić information content (AvgIpc) is 3.66. The number of hydrogen-bond acceptors (Lipinski definition) is 14. The lowest BCUT2D eigenvalue weighted by Gasteiger charge is -2.15. The number of rotatable bonds is 9. The topological polar surface area (TPSA) is 223 Å². The number of carbonyl (C=O) groups excluding carboxylic acids is 3. The van der Waals surface area contributed by atoms with Crippen LogP contribution < -0.4 is 20.0 Å². The number of phenols is 1. The van der Waals surface area contributed by atoms with E-state index in [2.05, 4.69) is 37.9 Å². The average molecular weight is 921 g/mol. The number of alkyl halides is 8. The van der Waals surface area contributed by atoms with Crippen molar-refractivity contribution >= 4 is 23.9 Å². The number of aryl methyl sites for hydroxylation is 4. The predicted octanol–water partition coefficient (Wildman–Crippen LogP) is 8.24. The summed E-state index contributed by atoms with van der Waals surface area (Å²) in [5, 5.41) is 23.0. The molecule has 0 unspecified atom stereocenters. The number of carboxylic acid groups (broad SMARTS) is 1. The summed E-state index contributed by atoms with van der Waals surface area (Å²) >= 11 is 0. The molecule has 346 valence electrons. The number of aromatic hydroxyl groups is 1. The number of ether oxygens (including phenoxy) is 6. The minimum Gasteiger partial charge on any atom is -0.508 e. The number of carbonyl (C=O) groups is 4. The second kappa shape index (κ2) is 22.4. The first-order valence-corrected chi connectivity index (χ1v) is 17.3. The third-order valence-corrected chi connectivity index (χ3v) is 7.66. The number of aliphatic carboxylic acids is 1. The molecule has 16 nitrogen and oxygen atoms in total. The number of methoxy groups -OCH3 is 3. The predicted molar refractivity (Wildman–Crippen MR) is 203 cm³/mol. The van der Waals surface area contributed by atoms with Crippen molar-refractivity contribution in [2.45, 2.75) is 46.5 Å². The molecule has 0 aliphatic carbocycles. The minimum atomic E-state index is -4.78. The molecule has 0 amide bonds. The summed E-state index contributed by atoms with van der Waals surface area (Å²) in [6, 6.07) is 16.1. The lowest BCUT2D eigenvalue weighted by Crippen LogP contribution is -2.35. The van der Waals surface area contributed by atoms with Crippen molar-refractivity contribution in [1.82, 2.24) is 10.2 Å². The fourth-order valence-electron chi connectivity index (χ4n) is 4.39. The second-order valence-electron chi connectivity index (χ2n) is 12.4. The first-order valence-electron chi connectivity index (χ1n) is 17.3. The molecular weight excluding hydrogens is 884 g/mol. The summed E-state index contributed by atoms with van der Waals surface area (Å²) in [7, 11) is 3.58. The van der Waals surface area contributed by atoms with Gasteiger partial charge in [-0.1, -0.05) is 24.3 Å². The monoisotopic (exact) mass is 920 g/mol. The molecule has 3 N–H and O–H groups in total. The molecule has 64 heavy (non-hydrogen) atoms. The number of nitrogens with one attached hydrogen (secondary N) is 1. The molecule has 0 bridgehead atoms. The molecule has 5 aromatic rings. The van der Waals surface area contributed by atoms with E-state index in [0.29, 0.717) is 11.1 Å². The van der Waals surface area contributed by atoms with Gasteiger partial charge in [-0.2, -0.15) is 8.78 Å². The van der Waals surface area contributed by atoms with Crippen molar-refractivity contribution in [3.05, 3.63) is 122 Å². The number of H-pyrrole nitrogens is 1. The Balaban J connectivity index is 0.000000296. The molecule has 0 saturated carbocycles. The largest absolute Gasteiger partial charge is 0.573 e. The third-order valence-electron chi connectivity index (χ3n) is 7.66. The molecule has 0 radical (unpaired) electrons. The van der Waals surface area contributed by atoms with Gasteiger partial charge in [0, 0.05) is 5.56 Å². The van der Waals surface area contributed by atoms with Crippen LogP contribution in [0.5, 0.6) is 23.0 Å². The highest BCUT2D eigenvalue weighted by molar-refractivity contribution is 5.91. The van der Waals surface area contributed by atoms with E-state index in [-0.39, 0.29) is 45.2 Å². The number of benzene rings is 4. The molecule has 0 aliphatic rings. The van der Waals surface area contributed by atoms with E-state index < -0.39 is 60.0 Å². The van der Waals surface area contributed by atoms with Gasteiger partial charge >= 0.3 is 48.5 Å². The minimum absolute atomic E-state index is 0.00681. The fourth-order valence-corrected chi connectivity index (χ4v) is 4.39. The van der Waals surface area contributed by atoms with Crippen molar-refractivity contribution in [2.75, 3.05) is 21.3 Å². The zero-order valence-corrected chi connectivity index (χ0v) is 34.2. The first kappa shape index (κ1) is 52.5. The molecule has 5 rings (SSSR count). The van der Waals surface area contributed by atoms with Gasteiger partial charge in [-0.3, -0.25) is 0 Å². The summed E-state index contributed by atoms with van der Waals surface area (Å²) in [4.78, 5) is 54.2. The Morgan fingerprint density at radius 2 is 0.953 bits per heavy atom. The van der Waals surface area contributed by atoms with Crippen LogP contribution in [0.2, 0.25) is 0 Å². The van der Waals surface area contributed by atoms with Crippen LogP contribution in [0, 0.1) is 27.7 Å². The lowest BCUT2D eigenvalue weighted by atomic mass is 10.1. The van der Waals surface area contributed by atoms with Gasteiger partial charge in [0.15, 0.2) is 0 Å². The SMILES string of the molecule is COC(=O)c1ccc(C)c(O)c1.COC(=O)c1ccc(C)c(OC(F)(F)C(=O)O)c1.COC(=O)c1ccc(C)c(OC(F)(F)F)c1.Cc1ccc(-c2n[nH]c(=O)o2)cc1OC(F)(F)F. The van der Waals surface area contributed by atoms with Gasteiger partial charge in [-0.25, -0.2) is 29.1 Å². The Morgan fingerprint density at radius 1 is 0.578 bits per heavy atom. The van der Waals surface area contributed by atoms with Crippen LogP contribution in [0.15, 0.2) is 82.0 Å². The number of halogens is 8. The van der Waals surface area contributed by atoms with Gasteiger partial charge in [-0.15, -0.1) is 31.4 Å². The fraction of sp³-hybridized carbons (Fsp3) is 0.250. The van der Waals surface area contributed by atoms with E-state index in [1.165, 1.54) is 70.3 Å². The van der Waals surface area contributed by atoms with Crippen LogP contribution in [0.1, 0.15) is 53.3 Å². The number of hydrogen-bond donors (Lipinski definition) is 3. The van der Waals surface area contributed by atoms with Crippen LogP contribution in [-0.4, -0.2) is 84.5 Å². The van der Waals surface area contributed by atoms with E-state index in [4.69, 9.17) is 5.11 Å². The Morgan fingerprint density at radius 3 is 1.31 bits per heavy atom. The van der Waals surface area contributed by atoms with Crippen molar-refractivity contribution in [3.63, 3.8) is 0 Å². The normalized spacial score (nSPS) is 10.9. The maximum absolute atomic E-state index is 12.9. The first-order chi connectivity index (χ1) is 29.6. The van der Waals surface area contributed by atoms with E-state index in [1.807, 2.05) is 5.10 Å². The van der Waals surface area contributed by atoms with Crippen molar-refractivity contribution < 1.29 is 97.4 Å². The van der Waals surface area contributed by atoms with E-state index in [9.17, 15) is 64.2 Å². The Kier molecular flexibility index (Phi) is 18.4. The lowest BCUT2D eigenvalue weighted by molar-refractivity contribution is -0.275. The van der Waals surface area contributed by atoms with Crippen LogP contribution in [0.25, 0.3) is 11.5 Å². The summed E-state index contributed by atoms with van der Waals surface area (Å²) in [6.45, 7) is 6.11. The number of carboxylic acids is 1. The molecule has 0 saturated heterocycles. The van der Waals surface area contributed by atoms with Crippen LogP contribution in [-0.2, 0) is 19.0 Å². The highest BCUT2D eigenvalue weighted by Crippen LogP contribution is 2.31. The molecule has 0 spiro atoms. The Hall–Kier alpha value is -7.66. The van der Waals surface area contributed by atoms with Crippen LogP contribution >= 0.6 is 0 Å². The quantitative estimate of drug-likeness (QED) is 0.0719.